The lowest BCUT2D eigenvalue weighted by Gasteiger charge is -2.24. The minimum atomic E-state index is -4.67. The molecule has 24 heavy (non-hydrogen) atoms. The highest BCUT2D eigenvalue weighted by Gasteiger charge is 2.33. The lowest BCUT2D eigenvalue weighted by Crippen LogP contribution is -2.40. The summed E-state index contributed by atoms with van der Waals surface area (Å²) in [6.45, 7) is 1.69. The molecular formula is C15H20F3N3O2S. The predicted octanol–water partition coefficient (Wildman–Crippen LogP) is 2.86. The number of carbonyl (C=O) groups excluding carboxylic acids is 1. The van der Waals surface area contributed by atoms with Crippen LogP contribution in [-0.4, -0.2) is 27.2 Å². The van der Waals surface area contributed by atoms with Crippen LogP contribution < -0.4 is 10.9 Å². The van der Waals surface area contributed by atoms with Crippen LogP contribution in [0.5, 0.6) is 0 Å². The van der Waals surface area contributed by atoms with E-state index < -0.39 is 22.7 Å². The number of alkyl halides is 3. The van der Waals surface area contributed by atoms with Crippen molar-refractivity contribution in [1.29, 1.82) is 0 Å². The minimum absolute atomic E-state index is 0.0262. The van der Waals surface area contributed by atoms with E-state index in [4.69, 9.17) is 0 Å². The van der Waals surface area contributed by atoms with Crippen molar-refractivity contribution in [1.82, 2.24) is 15.3 Å². The van der Waals surface area contributed by atoms with E-state index in [9.17, 15) is 22.8 Å². The quantitative estimate of drug-likeness (QED) is 0.844. The first-order valence-electron chi connectivity index (χ1n) is 7.85. The largest absolute Gasteiger partial charge is 0.433 e. The van der Waals surface area contributed by atoms with Gasteiger partial charge in [-0.3, -0.25) is 9.59 Å². The third-order valence-electron chi connectivity index (χ3n) is 3.87. The number of nitrogens with one attached hydrogen (secondary N) is 2. The number of halogens is 3. The summed E-state index contributed by atoms with van der Waals surface area (Å²) in [4.78, 5) is 29.1. The van der Waals surface area contributed by atoms with Crippen LogP contribution in [0.2, 0.25) is 0 Å². The van der Waals surface area contributed by atoms with E-state index in [0.717, 1.165) is 37.4 Å². The van der Waals surface area contributed by atoms with Crippen molar-refractivity contribution in [2.75, 3.05) is 0 Å². The summed E-state index contributed by atoms with van der Waals surface area (Å²) in [5.41, 5.74) is -2.08. The molecule has 9 heteroatoms. The Hall–Kier alpha value is -1.51. The highest BCUT2D eigenvalue weighted by molar-refractivity contribution is 7.99. The SMILES string of the molecule is C[C@H](SCc1nc(C(F)(F)F)cc(=O)[nH]1)C(=O)NC1CCCCC1. The number of hydrogen-bond donors (Lipinski definition) is 2. The van der Waals surface area contributed by atoms with Crippen LogP contribution in [-0.2, 0) is 16.7 Å². The van der Waals surface area contributed by atoms with E-state index >= 15 is 0 Å². The second-order valence-corrected chi connectivity index (χ2v) is 7.20. The molecule has 1 aromatic rings. The molecule has 1 fully saturated rings. The maximum absolute atomic E-state index is 12.6. The minimum Gasteiger partial charge on any atom is -0.352 e. The average molecular weight is 363 g/mol. The van der Waals surface area contributed by atoms with Gasteiger partial charge in [0.05, 0.1) is 11.0 Å². The normalized spacial score (nSPS) is 17.5. The number of rotatable bonds is 5. The van der Waals surface area contributed by atoms with Gasteiger partial charge in [0, 0.05) is 12.1 Å². The highest BCUT2D eigenvalue weighted by Crippen LogP contribution is 2.27. The topological polar surface area (TPSA) is 74.8 Å². The van der Waals surface area contributed by atoms with Gasteiger partial charge in [0.25, 0.3) is 5.56 Å². The number of H-pyrrole nitrogens is 1. The van der Waals surface area contributed by atoms with Crippen LogP contribution in [0.3, 0.4) is 0 Å². The molecule has 0 aromatic carbocycles. The monoisotopic (exact) mass is 363 g/mol. The summed E-state index contributed by atoms with van der Waals surface area (Å²) in [5.74, 6) is -0.198. The maximum Gasteiger partial charge on any atom is 0.433 e. The summed E-state index contributed by atoms with van der Waals surface area (Å²) >= 11 is 1.14. The zero-order valence-electron chi connectivity index (χ0n) is 13.3. The van der Waals surface area contributed by atoms with E-state index in [0.29, 0.717) is 6.07 Å². The molecule has 1 aliphatic carbocycles. The number of hydrogen-bond acceptors (Lipinski definition) is 4. The van der Waals surface area contributed by atoms with Crippen molar-refractivity contribution in [3.8, 4) is 0 Å². The third kappa shape index (κ3) is 5.54. The first kappa shape index (κ1) is 18.8. The van der Waals surface area contributed by atoms with Gasteiger partial charge in [0.1, 0.15) is 5.82 Å². The van der Waals surface area contributed by atoms with E-state index in [1.807, 2.05) is 0 Å². The lowest BCUT2D eigenvalue weighted by molar-refractivity contribution is -0.141. The Morgan fingerprint density at radius 2 is 2.08 bits per heavy atom. The summed E-state index contributed by atoms with van der Waals surface area (Å²) in [6.07, 6.45) is 0.643. The molecule has 0 unspecified atom stereocenters. The van der Waals surface area contributed by atoms with Gasteiger partial charge in [0.2, 0.25) is 5.91 Å². The third-order valence-corrected chi connectivity index (χ3v) is 5.03. The molecule has 1 saturated carbocycles. The van der Waals surface area contributed by atoms with Crippen molar-refractivity contribution in [2.45, 2.75) is 62.2 Å². The average Bonchev–Trinajstić information content (AvgIpc) is 2.52. The van der Waals surface area contributed by atoms with E-state index in [1.165, 1.54) is 6.42 Å². The predicted molar refractivity (Wildman–Crippen MR) is 85.6 cm³/mol. The van der Waals surface area contributed by atoms with Crippen molar-refractivity contribution < 1.29 is 18.0 Å². The number of aromatic amines is 1. The maximum atomic E-state index is 12.6. The van der Waals surface area contributed by atoms with Crippen molar-refractivity contribution in [3.05, 3.63) is 27.9 Å². The fourth-order valence-corrected chi connectivity index (χ4v) is 3.33. The standard InChI is InChI=1S/C15H20F3N3O2S/c1-9(14(23)19-10-5-3-2-4-6-10)24-8-12-20-11(15(16,17)18)7-13(22)21-12/h7,9-10H,2-6,8H2,1H3,(H,19,23)(H,20,21,22)/t9-/m0/s1. The molecular weight excluding hydrogens is 343 g/mol. The summed E-state index contributed by atoms with van der Waals surface area (Å²) in [7, 11) is 0. The molecule has 1 heterocycles. The summed E-state index contributed by atoms with van der Waals surface area (Å²) in [6, 6.07) is 0.605. The summed E-state index contributed by atoms with van der Waals surface area (Å²) < 4.78 is 37.9. The molecule has 1 amide bonds. The number of thioether (sulfide) groups is 1. The first-order chi connectivity index (χ1) is 11.3. The molecule has 0 saturated heterocycles. The zero-order valence-corrected chi connectivity index (χ0v) is 14.1. The molecule has 1 aromatic heterocycles. The Morgan fingerprint density at radius 1 is 1.42 bits per heavy atom. The highest BCUT2D eigenvalue weighted by atomic mass is 32.2. The van der Waals surface area contributed by atoms with Crippen molar-refractivity contribution in [3.63, 3.8) is 0 Å². The number of aromatic nitrogens is 2. The number of amides is 1. The number of carbonyl (C=O) groups is 1. The first-order valence-corrected chi connectivity index (χ1v) is 8.90. The summed E-state index contributed by atoms with van der Waals surface area (Å²) in [5, 5.41) is 2.53. The van der Waals surface area contributed by atoms with Crippen molar-refractivity contribution >= 4 is 17.7 Å². The van der Waals surface area contributed by atoms with E-state index in [-0.39, 0.29) is 23.5 Å². The fraction of sp³-hybridized carbons (Fsp3) is 0.667. The Bertz CT molecular complexity index is 627. The molecule has 2 rings (SSSR count). The molecule has 0 radical (unpaired) electrons. The molecule has 0 bridgehead atoms. The van der Waals surface area contributed by atoms with Gasteiger partial charge in [-0.25, -0.2) is 4.98 Å². The van der Waals surface area contributed by atoms with Gasteiger partial charge < -0.3 is 10.3 Å². The van der Waals surface area contributed by atoms with Crippen LogP contribution in [0.25, 0.3) is 0 Å². The molecule has 2 N–H and O–H groups in total. The van der Waals surface area contributed by atoms with Gasteiger partial charge in [-0.15, -0.1) is 11.8 Å². The molecule has 1 atom stereocenters. The van der Waals surface area contributed by atoms with Crippen LogP contribution in [0.4, 0.5) is 13.2 Å². The van der Waals surface area contributed by atoms with Crippen LogP contribution in [0, 0.1) is 0 Å². The Kier molecular flexibility index (Phi) is 6.31. The van der Waals surface area contributed by atoms with Gasteiger partial charge in [-0.2, -0.15) is 13.2 Å². The van der Waals surface area contributed by atoms with Gasteiger partial charge >= 0.3 is 6.18 Å². The molecule has 0 aliphatic heterocycles. The van der Waals surface area contributed by atoms with E-state index in [2.05, 4.69) is 15.3 Å². The second kappa shape index (κ2) is 8.04. The number of nitrogens with zero attached hydrogens (tertiary/aromatic N) is 1. The Labute approximate surface area is 141 Å². The second-order valence-electron chi connectivity index (χ2n) is 5.87. The van der Waals surface area contributed by atoms with E-state index in [1.54, 1.807) is 6.92 Å². The van der Waals surface area contributed by atoms with Crippen LogP contribution in [0.15, 0.2) is 10.9 Å². The molecule has 134 valence electrons. The fourth-order valence-electron chi connectivity index (χ4n) is 2.57. The van der Waals surface area contributed by atoms with Gasteiger partial charge in [-0.05, 0) is 19.8 Å². The zero-order chi connectivity index (χ0) is 17.7. The molecule has 0 spiro atoms. The Balaban J connectivity index is 1.91. The van der Waals surface area contributed by atoms with Gasteiger partial charge in [0.15, 0.2) is 5.69 Å². The smallest absolute Gasteiger partial charge is 0.352 e. The van der Waals surface area contributed by atoms with Crippen LogP contribution >= 0.6 is 11.8 Å². The van der Waals surface area contributed by atoms with Gasteiger partial charge in [-0.1, -0.05) is 19.3 Å². The molecule has 5 nitrogen and oxygen atoms in total. The van der Waals surface area contributed by atoms with Crippen LogP contribution in [0.1, 0.15) is 50.5 Å². The Morgan fingerprint density at radius 3 is 2.71 bits per heavy atom. The lowest BCUT2D eigenvalue weighted by atomic mass is 9.95. The van der Waals surface area contributed by atoms with Crippen molar-refractivity contribution in [2.24, 2.45) is 0 Å². The molecule has 1 aliphatic rings.